The Morgan fingerprint density at radius 2 is 2.14 bits per heavy atom. The van der Waals surface area contributed by atoms with Crippen LogP contribution in [0.4, 0.5) is 0 Å². The van der Waals surface area contributed by atoms with Crippen molar-refractivity contribution < 1.29 is 14.6 Å². The van der Waals surface area contributed by atoms with Gasteiger partial charge in [-0.15, -0.1) is 11.3 Å². The lowest BCUT2D eigenvalue weighted by Crippen LogP contribution is -2.35. The lowest BCUT2D eigenvalue weighted by Gasteiger charge is -2.24. The Labute approximate surface area is 132 Å². The molecular formula is C16H29NO3S. The summed E-state index contributed by atoms with van der Waals surface area (Å²) >= 11 is 1.75. The SMILES string of the molecule is COCCCN(Cc1cccs1)CC(O)COCC(C)C. The molecule has 0 saturated carbocycles. The third-order valence-corrected chi connectivity index (χ3v) is 3.87. The van der Waals surface area contributed by atoms with Gasteiger partial charge in [0.25, 0.3) is 0 Å². The van der Waals surface area contributed by atoms with E-state index in [4.69, 9.17) is 9.47 Å². The number of nitrogens with zero attached hydrogens (tertiary/aromatic N) is 1. The highest BCUT2D eigenvalue weighted by Gasteiger charge is 2.13. The molecule has 4 nitrogen and oxygen atoms in total. The summed E-state index contributed by atoms with van der Waals surface area (Å²) in [6, 6.07) is 4.20. The molecule has 0 spiro atoms. The summed E-state index contributed by atoms with van der Waals surface area (Å²) in [5, 5.41) is 12.2. The van der Waals surface area contributed by atoms with Crippen molar-refractivity contribution in [3.63, 3.8) is 0 Å². The Balaban J connectivity index is 2.35. The molecule has 0 aliphatic rings. The van der Waals surface area contributed by atoms with Crippen LogP contribution in [0, 0.1) is 5.92 Å². The van der Waals surface area contributed by atoms with Crippen molar-refractivity contribution in [2.24, 2.45) is 5.92 Å². The first-order valence-corrected chi connectivity index (χ1v) is 8.49. The van der Waals surface area contributed by atoms with Crippen LogP contribution in [0.1, 0.15) is 25.1 Å². The summed E-state index contributed by atoms with van der Waals surface area (Å²) in [6.07, 6.45) is 0.535. The summed E-state index contributed by atoms with van der Waals surface area (Å²) in [5.74, 6) is 0.501. The Bertz CT molecular complexity index is 343. The van der Waals surface area contributed by atoms with Crippen LogP contribution in [0.5, 0.6) is 0 Å². The monoisotopic (exact) mass is 315 g/mol. The van der Waals surface area contributed by atoms with Crippen molar-refractivity contribution in [1.82, 2.24) is 4.90 Å². The number of aliphatic hydroxyl groups excluding tert-OH is 1. The van der Waals surface area contributed by atoms with Gasteiger partial charge >= 0.3 is 0 Å². The van der Waals surface area contributed by atoms with Gasteiger partial charge in [0.1, 0.15) is 0 Å². The lowest BCUT2D eigenvalue weighted by molar-refractivity contribution is 0.00596. The second kappa shape index (κ2) is 11.2. The molecule has 0 aromatic carbocycles. The van der Waals surface area contributed by atoms with E-state index in [9.17, 15) is 5.11 Å². The van der Waals surface area contributed by atoms with Crippen LogP contribution < -0.4 is 0 Å². The van der Waals surface area contributed by atoms with Crippen molar-refractivity contribution in [2.75, 3.05) is 40.0 Å². The molecule has 0 bridgehead atoms. The summed E-state index contributed by atoms with van der Waals surface area (Å²) in [6.45, 7) is 8.52. The minimum absolute atomic E-state index is 0.406. The van der Waals surface area contributed by atoms with Gasteiger partial charge in [-0.1, -0.05) is 19.9 Å². The summed E-state index contributed by atoms with van der Waals surface area (Å²) in [5.41, 5.74) is 0. The normalized spacial score (nSPS) is 13.2. The predicted molar refractivity (Wildman–Crippen MR) is 87.8 cm³/mol. The quantitative estimate of drug-likeness (QED) is 0.602. The molecule has 0 aliphatic carbocycles. The van der Waals surface area contributed by atoms with Crippen LogP contribution >= 0.6 is 11.3 Å². The van der Waals surface area contributed by atoms with Crippen LogP contribution in [0.25, 0.3) is 0 Å². The van der Waals surface area contributed by atoms with E-state index >= 15 is 0 Å². The maximum absolute atomic E-state index is 10.1. The maximum Gasteiger partial charge on any atom is 0.0900 e. The van der Waals surface area contributed by atoms with Gasteiger partial charge in [-0.25, -0.2) is 0 Å². The van der Waals surface area contributed by atoms with E-state index in [1.165, 1.54) is 4.88 Å². The molecule has 1 aromatic rings. The third kappa shape index (κ3) is 9.22. The van der Waals surface area contributed by atoms with Crippen molar-refractivity contribution in [1.29, 1.82) is 0 Å². The average molecular weight is 315 g/mol. The topological polar surface area (TPSA) is 41.9 Å². The smallest absolute Gasteiger partial charge is 0.0900 e. The van der Waals surface area contributed by atoms with E-state index < -0.39 is 6.10 Å². The zero-order valence-corrected chi connectivity index (χ0v) is 14.3. The molecule has 1 N–H and O–H groups in total. The average Bonchev–Trinajstić information content (AvgIpc) is 2.91. The van der Waals surface area contributed by atoms with Gasteiger partial charge < -0.3 is 14.6 Å². The Kier molecular flexibility index (Phi) is 9.87. The molecule has 1 heterocycles. The van der Waals surface area contributed by atoms with Crippen LogP contribution in [0.3, 0.4) is 0 Å². The van der Waals surface area contributed by atoms with Crippen LogP contribution in [0.15, 0.2) is 17.5 Å². The van der Waals surface area contributed by atoms with Gasteiger partial charge in [0.15, 0.2) is 0 Å². The number of thiophene rings is 1. The van der Waals surface area contributed by atoms with E-state index in [0.29, 0.717) is 25.7 Å². The summed E-state index contributed by atoms with van der Waals surface area (Å²) in [7, 11) is 1.72. The zero-order chi connectivity index (χ0) is 15.5. The van der Waals surface area contributed by atoms with E-state index in [1.54, 1.807) is 18.4 Å². The number of hydrogen-bond donors (Lipinski definition) is 1. The number of methoxy groups -OCH3 is 1. The molecular weight excluding hydrogens is 286 g/mol. The maximum atomic E-state index is 10.1. The van der Waals surface area contributed by atoms with E-state index in [-0.39, 0.29) is 0 Å². The minimum atomic E-state index is -0.439. The van der Waals surface area contributed by atoms with Crippen molar-refractivity contribution >= 4 is 11.3 Å². The van der Waals surface area contributed by atoms with Gasteiger partial charge in [-0.05, 0) is 23.8 Å². The number of rotatable bonds is 12. The van der Waals surface area contributed by atoms with Gasteiger partial charge in [0.05, 0.1) is 12.7 Å². The molecule has 122 valence electrons. The number of aliphatic hydroxyl groups is 1. The van der Waals surface area contributed by atoms with Crippen molar-refractivity contribution in [2.45, 2.75) is 32.9 Å². The second-order valence-electron chi connectivity index (χ2n) is 5.75. The Morgan fingerprint density at radius 3 is 2.76 bits per heavy atom. The fourth-order valence-corrected chi connectivity index (χ4v) is 2.83. The highest BCUT2D eigenvalue weighted by Crippen LogP contribution is 2.12. The highest BCUT2D eigenvalue weighted by atomic mass is 32.1. The van der Waals surface area contributed by atoms with Crippen molar-refractivity contribution in [3.8, 4) is 0 Å². The highest BCUT2D eigenvalue weighted by molar-refractivity contribution is 7.09. The molecule has 1 rings (SSSR count). The minimum Gasteiger partial charge on any atom is -0.389 e. The first-order chi connectivity index (χ1) is 10.1. The summed E-state index contributed by atoms with van der Waals surface area (Å²) in [4.78, 5) is 3.59. The standard InChI is InChI=1S/C16H29NO3S/c1-14(2)12-20-13-15(18)10-17(7-5-8-19-3)11-16-6-4-9-21-16/h4,6,9,14-15,18H,5,7-8,10-13H2,1-3H3. The molecule has 5 heteroatoms. The molecule has 1 aromatic heterocycles. The molecule has 0 radical (unpaired) electrons. The van der Waals surface area contributed by atoms with E-state index in [2.05, 4.69) is 36.3 Å². The van der Waals surface area contributed by atoms with Crippen LogP contribution in [0.2, 0.25) is 0 Å². The molecule has 0 amide bonds. The van der Waals surface area contributed by atoms with E-state index in [1.807, 2.05) is 0 Å². The van der Waals surface area contributed by atoms with Gasteiger partial charge in [0.2, 0.25) is 0 Å². The molecule has 21 heavy (non-hydrogen) atoms. The predicted octanol–water partition coefficient (Wildman–Crippen LogP) is 2.62. The molecule has 0 fully saturated rings. The number of ether oxygens (including phenoxy) is 2. The zero-order valence-electron chi connectivity index (χ0n) is 13.5. The molecule has 1 unspecified atom stereocenters. The fraction of sp³-hybridized carbons (Fsp3) is 0.750. The van der Waals surface area contributed by atoms with Crippen molar-refractivity contribution in [3.05, 3.63) is 22.4 Å². The lowest BCUT2D eigenvalue weighted by atomic mass is 10.2. The fourth-order valence-electron chi connectivity index (χ4n) is 2.08. The first-order valence-electron chi connectivity index (χ1n) is 7.61. The van der Waals surface area contributed by atoms with Gasteiger partial charge in [0, 0.05) is 44.8 Å². The van der Waals surface area contributed by atoms with Gasteiger partial charge in [-0.3, -0.25) is 4.90 Å². The Hall–Kier alpha value is -0.460. The molecule has 0 saturated heterocycles. The van der Waals surface area contributed by atoms with Gasteiger partial charge in [-0.2, -0.15) is 0 Å². The second-order valence-corrected chi connectivity index (χ2v) is 6.78. The first kappa shape index (κ1) is 18.6. The largest absolute Gasteiger partial charge is 0.389 e. The molecule has 0 aliphatic heterocycles. The molecule has 1 atom stereocenters. The van der Waals surface area contributed by atoms with Crippen LogP contribution in [-0.4, -0.2) is 56.1 Å². The Morgan fingerprint density at radius 1 is 1.33 bits per heavy atom. The summed E-state index contributed by atoms with van der Waals surface area (Å²) < 4.78 is 10.6. The van der Waals surface area contributed by atoms with E-state index in [0.717, 1.165) is 26.1 Å². The van der Waals surface area contributed by atoms with Crippen LogP contribution in [-0.2, 0) is 16.0 Å². The third-order valence-electron chi connectivity index (χ3n) is 3.01. The number of hydrogen-bond acceptors (Lipinski definition) is 5.